The van der Waals surface area contributed by atoms with Gasteiger partial charge < -0.3 is 4.74 Å². The fourth-order valence-corrected chi connectivity index (χ4v) is 4.30. The molecule has 0 heterocycles. The van der Waals surface area contributed by atoms with Gasteiger partial charge in [-0.15, -0.1) is 12.3 Å². The highest BCUT2D eigenvalue weighted by Crippen LogP contribution is 2.47. The average Bonchev–Trinajstić information content (AvgIpc) is 2.75. The van der Waals surface area contributed by atoms with Crippen molar-refractivity contribution >= 4 is 5.97 Å². The Labute approximate surface area is 170 Å². The van der Waals surface area contributed by atoms with Gasteiger partial charge in [-0.2, -0.15) is 0 Å². The zero-order chi connectivity index (χ0) is 20.6. The smallest absolute Gasteiger partial charge is 0.312 e. The summed E-state index contributed by atoms with van der Waals surface area (Å²) in [6, 6.07) is 21.3. The molecule has 0 aromatic heterocycles. The second-order valence-corrected chi connectivity index (χ2v) is 7.95. The summed E-state index contributed by atoms with van der Waals surface area (Å²) in [4.78, 5) is 12.5. The number of hydrogen-bond acceptors (Lipinski definition) is 2. The summed E-state index contributed by atoms with van der Waals surface area (Å²) in [5, 5.41) is 0. The summed E-state index contributed by atoms with van der Waals surface area (Å²) in [7, 11) is 1.44. The Morgan fingerprint density at radius 2 is 1.54 bits per heavy atom. The molecule has 2 heteroatoms. The van der Waals surface area contributed by atoms with Crippen LogP contribution in [0.3, 0.4) is 0 Å². The number of rotatable bonds is 9. The molecule has 0 radical (unpaired) electrons. The highest BCUT2D eigenvalue weighted by atomic mass is 16.5. The minimum atomic E-state index is -0.689. The molecule has 0 aliphatic rings. The molecule has 0 fully saturated rings. The summed E-state index contributed by atoms with van der Waals surface area (Å²) >= 11 is 0. The minimum Gasteiger partial charge on any atom is -0.469 e. The van der Waals surface area contributed by atoms with E-state index < -0.39 is 5.41 Å². The molecule has 0 N–H and O–H groups in total. The van der Waals surface area contributed by atoms with E-state index in [1.54, 1.807) is 0 Å². The SMILES string of the molecule is C#CCC(C)(CCC(c1ccccc1)(c1ccccc1)C(C)CC)C(=O)OC. The molecule has 0 spiro atoms. The summed E-state index contributed by atoms with van der Waals surface area (Å²) in [6.45, 7) is 6.46. The molecule has 0 saturated carbocycles. The van der Waals surface area contributed by atoms with Gasteiger partial charge in [0.15, 0.2) is 0 Å². The van der Waals surface area contributed by atoms with Gasteiger partial charge >= 0.3 is 5.97 Å². The number of hydrogen-bond donors (Lipinski definition) is 0. The number of carbonyl (C=O) groups excluding carboxylic acids is 1. The molecule has 0 aliphatic carbocycles. The van der Waals surface area contributed by atoms with Crippen LogP contribution in [0, 0.1) is 23.7 Å². The highest BCUT2D eigenvalue weighted by Gasteiger charge is 2.42. The van der Waals surface area contributed by atoms with E-state index in [9.17, 15) is 4.79 Å². The first-order valence-electron chi connectivity index (χ1n) is 10.1. The van der Waals surface area contributed by atoms with Gasteiger partial charge in [-0.05, 0) is 36.8 Å². The lowest BCUT2D eigenvalue weighted by Crippen LogP contribution is -2.38. The Morgan fingerprint density at radius 3 is 1.93 bits per heavy atom. The Hall–Kier alpha value is -2.53. The van der Waals surface area contributed by atoms with Gasteiger partial charge in [-0.1, -0.05) is 80.9 Å². The number of methoxy groups -OCH3 is 1. The largest absolute Gasteiger partial charge is 0.469 e. The molecule has 2 atom stereocenters. The summed E-state index contributed by atoms with van der Waals surface area (Å²) in [6.07, 6.45) is 8.49. The molecule has 2 nitrogen and oxygen atoms in total. The molecule has 148 valence electrons. The molecular formula is C26H32O2. The van der Waals surface area contributed by atoms with E-state index in [4.69, 9.17) is 11.2 Å². The van der Waals surface area contributed by atoms with Crippen LogP contribution in [0.4, 0.5) is 0 Å². The van der Waals surface area contributed by atoms with Crippen LogP contribution in [-0.4, -0.2) is 13.1 Å². The lowest BCUT2D eigenvalue weighted by molar-refractivity contribution is -0.152. The highest BCUT2D eigenvalue weighted by molar-refractivity contribution is 5.76. The van der Waals surface area contributed by atoms with Crippen molar-refractivity contribution in [2.75, 3.05) is 7.11 Å². The van der Waals surface area contributed by atoms with E-state index in [0.29, 0.717) is 18.8 Å². The first kappa shape index (κ1) is 21.8. The molecule has 0 amide bonds. The van der Waals surface area contributed by atoms with Crippen molar-refractivity contribution in [2.45, 2.75) is 51.9 Å². The molecule has 2 aromatic rings. The van der Waals surface area contributed by atoms with Crippen molar-refractivity contribution in [2.24, 2.45) is 11.3 Å². The van der Waals surface area contributed by atoms with Crippen LogP contribution in [0.5, 0.6) is 0 Å². The minimum absolute atomic E-state index is 0.193. The topological polar surface area (TPSA) is 26.3 Å². The Balaban J connectivity index is 2.58. The molecule has 2 rings (SSSR count). The first-order valence-corrected chi connectivity index (χ1v) is 10.1. The monoisotopic (exact) mass is 376 g/mol. The Bertz CT molecular complexity index is 749. The van der Waals surface area contributed by atoms with E-state index >= 15 is 0 Å². The first-order chi connectivity index (χ1) is 13.4. The summed E-state index contributed by atoms with van der Waals surface area (Å²) in [5.41, 5.74) is 1.68. The third kappa shape index (κ3) is 4.30. The molecule has 2 unspecified atom stereocenters. The van der Waals surface area contributed by atoms with E-state index in [0.717, 1.165) is 12.8 Å². The fourth-order valence-electron chi connectivity index (χ4n) is 4.30. The van der Waals surface area contributed by atoms with Crippen LogP contribution >= 0.6 is 0 Å². The maximum atomic E-state index is 12.5. The number of esters is 1. The number of ether oxygens (including phenoxy) is 1. The number of terminal acetylenes is 1. The normalized spacial score (nSPS) is 14.5. The van der Waals surface area contributed by atoms with Crippen LogP contribution in [0.25, 0.3) is 0 Å². The van der Waals surface area contributed by atoms with Crippen LogP contribution < -0.4 is 0 Å². The van der Waals surface area contributed by atoms with Crippen LogP contribution in [0.1, 0.15) is 57.6 Å². The molecule has 2 aromatic carbocycles. The zero-order valence-electron chi connectivity index (χ0n) is 17.6. The van der Waals surface area contributed by atoms with Crippen molar-refractivity contribution in [1.29, 1.82) is 0 Å². The zero-order valence-corrected chi connectivity index (χ0v) is 17.6. The second-order valence-electron chi connectivity index (χ2n) is 7.95. The van der Waals surface area contributed by atoms with Crippen molar-refractivity contribution < 1.29 is 9.53 Å². The lowest BCUT2D eigenvalue weighted by atomic mass is 9.61. The Morgan fingerprint density at radius 1 is 1.04 bits per heavy atom. The van der Waals surface area contributed by atoms with E-state index in [2.05, 4.69) is 68.3 Å². The Kier molecular flexibility index (Phi) is 7.46. The van der Waals surface area contributed by atoms with Crippen molar-refractivity contribution in [3.05, 3.63) is 71.8 Å². The van der Waals surface area contributed by atoms with Gasteiger partial charge in [0, 0.05) is 11.8 Å². The number of benzene rings is 2. The van der Waals surface area contributed by atoms with E-state index in [1.807, 2.05) is 19.1 Å². The standard InChI is InChI=1S/C26H32O2/c1-6-18-25(4,24(27)28-5)19-20-26(21(3)7-2,22-14-10-8-11-15-22)23-16-12-9-13-17-23/h1,8-17,21H,7,18-20H2,2-5H3. The van der Waals surface area contributed by atoms with Gasteiger partial charge in [-0.25, -0.2) is 0 Å². The maximum Gasteiger partial charge on any atom is 0.312 e. The molecule has 0 bridgehead atoms. The maximum absolute atomic E-state index is 12.5. The van der Waals surface area contributed by atoms with Crippen LogP contribution in [0.15, 0.2) is 60.7 Å². The summed E-state index contributed by atoms with van der Waals surface area (Å²) in [5.74, 6) is 2.84. The molecule has 28 heavy (non-hydrogen) atoms. The van der Waals surface area contributed by atoms with E-state index in [-0.39, 0.29) is 11.4 Å². The number of carbonyl (C=O) groups is 1. The van der Waals surface area contributed by atoms with Crippen molar-refractivity contribution in [3.63, 3.8) is 0 Å². The predicted octanol–water partition coefficient (Wildman–Crippen LogP) is 6.00. The van der Waals surface area contributed by atoms with Crippen LogP contribution in [-0.2, 0) is 14.9 Å². The van der Waals surface area contributed by atoms with Crippen molar-refractivity contribution in [1.82, 2.24) is 0 Å². The van der Waals surface area contributed by atoms with Gasteiger partial charge in [0.05, 0.1) is 12.5 Å². The third-order valence-electron chi connectivity index (χ3n) is 6.27. The fraction of sp³-hybridized carbons (Fsp3) is 0.423. The van der Waals surface area contributed by atoms with Gasteiger partial charge in [0.2, 0.25) is 0 Å². The van der Waals surface area contributed by atoms with Gasteiger partial charge in [0.1, 0.15) is 0 Å². The lowest BCUT2D eigenvalue weighted by Gasteiger charge is -2.42. The van der Waals surface area contributed by atoms with Crippen molar-refractivity contribution in [3.8, 4) is 12.3 Å². The van der Waals surface area contributed by atoms with E-state index in [1.165, 1.54) is 18.2 Å². The second kappa shape index (κ2) is 9.60. The molecular weight excluding hydrogens is 344 g/mol. The van der Waals surface area contributed by atoms with Gasteiger partial charge in [-0.3, -0.25) is 4.79 Å². The quantitative estimate of drug-likeness (QED) is 0.396. The third-order valence-corrected chi connectivity index (χ3v) is 6.27. The summed E-state index contributed by atoms with van der Waals surface area (Å²) < 4.78 is 5.10. The van der Waals surface area contributed by atoms with Crippen LogP contribution in [0.2, 0.25) is 0 Å². The molecule has 0 aliphatic heterocycles. The molecule has 0 saturated heterocycles. The predicted molar refractivity (Wildman–Crippen MR) is 116 cm³/mol. The van der Waals surface area contributed by atoms with Gasteiger partial charge in [0.25, 0.3) is 0 Å². The average molecular weight is 377 g/mol.